The molecule has 4 rings (SSSR count). The molecule has 8 heteroatoms. The highest BCUT2D eigenvalue weighted by atomic mass is 32.2. The molecule has 7 nitrogen and oxygen atoms in total. The van der Waals surface area contributed by atoms with Gasteiger partial charge in [-0.25, -0.2) is 0 Å². The van der Waals surface area contributed by atoms with E-state index in [4.69, 9.17) is 0 Å². The zero-order chi connectivity index (χ0) is 28.2. The van der Waals surface area contributed by atoms with Gasteiger partial charge in [0.1, 0.15) is 6.04 Å². The molecule has 3 aliphatic heterocycles. The first-order chi connectivity index (χ1) is 18.8. The molecule has 0 radical (unpaired) electrons. The molecule has 6 atom stereocenters. The van der Waals surface area contributed by atoms with Crippen LogP contribution in [0.1, 0.15) is 51.5 Å². The predicted molar refractivity (Wildman–Crippen MR) is 156 cm³/mol. The van der Waals surface area contributed by atoms with Crippen molar-refractivity contribution in [3.63, 3.8) is 0 Å². The smallest absolute Gasteiger partial charge is 0.247 e. The van der Waals surface area contributed by atoms with Crippen LogP contribution in [0.25, 0.3) is 0 Å². The van der Waals surface area contributed by atoms with Gasteiger partial charge in [-0.2, -0.15) is 0 Å². The van der Waals surface area contributed by atoms with Crippen LogP contribution in [-0.4, -0.2) is 85.8 Å². The Hall–Kier alpha value is -2.58. The highest BCUT2D eigenvalue weighted by molar-refractivity contribution is 8.02. The average molecular weight is 554 g/mol. The second-order valence-corrected chi connectivity index (χ2v) is 12.7. The number of aliphatic hydroxyl groups excluding tert-OH is 1. The lowest BCUT2D eigenvalue weighted by molar-refractivity contribution is -0.146. The lowest BCUT2D eigenvalue weighted by Gasteiger charge is -2.39. The summed E-state index contributed by atoms with van der Waals surface area (Å²) in [5, 5.41) is 10.1. The maximum Gasteiger partial charge on any atom is 0.247 e. The first-order valence-corrected chi connectivity index (χ1v) is 15.2. The minimum absolute atomic E-state index is 0.00985. The Bertz CT molecular complexity index is 1070. The third-order valence-corrected chi connectivity index (χ3v) is 10.5. The van der Waals surface area contributed by atoms with Crippen LogP contribution in [0.3, 0.4) is 0 Å². The van der Waals surface area contributed by atoms with Crippen LogP contribution in [0.4, 0.5) is 0 Å². The van der Waals surface area contributed by atoms with Gasteiger partial charge in [0.25, 0.3) is 0 Å². The molecule has 0 aromatic heterocycles. The van der Waals surface area contributed by atoms with Crippen molar-refractivity contribution in [3.05, 3.63) is 61.2 Å². The van der Waals surface area contributed by atoms with Crippen molar-refractivity contribution in [3.8, 4) is 0 Å². The number of hydrogen-bond donors (Lipinski definition) is 1. The summed E-state index contributed by atoms with van der Waals surface area (Å²) >= 11 is 1.67. The van der Waals surface area contributed by atoms with Gasteiger partial charge in [0, 0.05) is 31.4 Å². The Kier molecular flexibility index (Phi) is 9.60. The molecule has 3 heterocycles. The number of carbonyl (C=O) groups is 3. The number of thioether (sulfide) groups is 1. The number of unbranched alkanes of at least 4 members (excludes halogenated alkanes) is 2. The van der Waals surface area contributed by atoms with E-state index in [0.29, 0.717) is 32.6 Å². The van der Waals surface area contributed by atoms with Crippen molar-refractivity contribution >= 4 is 29.5 Å². The number of amides is 3. The summed E-state index contributed by atoms with van der Waals surface area (Å²) < 4.78 is -0.667. The number of benzene rings is 1. The molecule has 0 aliphatic carbocycles. The topological polar surface area (TPSA) is 81.2 Å². The van der Waals surface area contributed by atoms with Gasteiger partial charge in [0.15, 0.2) is 0 Å². The van der Waals surface area contributed by atoms with Crippen molar-refractivity contribution in [1.82, 2.24) is 14.7 Å². The van der Waals surface area contributed by atoms with E-state index >= 15 is 0 Å². The average Bonchev–Trinajstić information content (AvgIpc) is 3.59. The monoisotopic (exact) mass is 553 g/mol. The fourth-order valence-corrected chi connectivity index (χ4v) is 8.98. The third kappa shape index (κ3) is 5.42. The van der Waals surface area contributed by atoms with Crippen LogP contribution in [-0.2, 0) is 20.9 Å². The largest absolute Gasteiger partial charge is 0.394 e. The van der Waals surface area contributed by atoms with Crippen molar-refractivity contribution in [1.29, 1.82) is 0 Å². The van der Waals surface area contributed by atoms with Gasteiger partial charge in [-0.1, -0.05) is 62.2 Å². The molecule has 1 N–H and O–H groups in total. The number of rotatable bonds is 14. The SMILES string of the molecule is C=CCN(CCCCC)C(=O)C1N([C@H](C)CO)C(=O)[C@@H]2[C@H](C(=O)N(CC=C)Cc3ccccc3)[C@@H]3CCC12S3. The lowest BCUT2D eigenvalue weighted by atomic mass is 9.70. The van der Waals surface area contributed by atoms with Crippen LogP contribution >= 0.6 is 11.8 Å². The normalized spacial score (nSPS) is 27.8. The maximum absolute atomic E-state index is 14.3. The number of likely N-dealkylation sites (tertiary alicyclic amines) is 1. The zero-order valence-electron chi connectivity index (χ0n) is 23.3. The van der Waals surface area contributed by atoms with Crippen LogP contribution in [0, 0.1) is 11.8 Å². The summed E-state index contributed by atoms with van der Waals surface area (Å²) in [6.07, 6.45) is 7.91. The van der Waals surface area contributed by atoms with Gasteiger partial charge in [0.2, 0.25) is 17.7 Å². The van der Waals surface area contributed by atoms with Gasteiger partial charge < -0.3 is 19.8 Å². The molecule has 1 aromatic carbocycles. The fourth-order valence-electron chi connectivity index (χ4n) is 6.79. The Labute approximate surface area is 237 Å². The van der Waals surface area contributed by atoms with Gasteiger partial charge in [-0.05, 0) is 31.7 Å². The van der Waals surface area contributed by atoms with E-state index in [1.807, 2.05) is 35.2 Å². The lowest BCUT2D eigenvalue weighted by Crippen LogP contribution is -2.57. The molecule has 0 saturated carbocycles. The Morgan fingerprint density at radius 2 is 1.85 bits per heavy atom. The van der Waals surface area contributed by atoms with Gasteiger partial charge >= 0.3 is 0 Å². The minimum atomic E-state index is -0.700. The van der Waals surface area contributed by atoms with Crippen LogP contribution in [0.5, 0.6) is 0 Å². The number of carbonyl (C=O) groups excluding carboxylic acids is 3. The number of nitrogens with zero attached hydrogens (tertiary/aromatic N) is 3. The number of fused-ring (bicyclic) bond motifs is 1. The Morgan fingerprint density at radius 3 is 2.49 bits per heavy atom. The van der Waals surface area contributed by atoms with Crippen molar-refractivity contribution in [2.24, 2.45) is 11.8 Å². The van der Waals surface area contributed by atoms with Crippen molar-refractivity contribution in [2.75, 3.05) is 26.2 Å². The summed E-state index contributed by atoms with van der Waals surface area (Å²) in [6, 6.07) is 8.62. The summed E-state index contributed by atoms with van der Waals surface area (Å²) in [7, 11) is 0. The van der Waals surface area contributed by atoms with Gasteiger partial charge in [-0.3, -0.25) is 14.4 Å². The van der Waals surface area contributed by atoms with Crippen molar-refractivity contribution < 1.29 is 19.5 Å². The standard InChI is InChI=1S/C31H43N3O4S/c1-5-8-12-19-32(17-6-2)30(38)27-31-16-15-24(39-31)25(26(31)29(37)34(27)22(4)21-35)28(36)33(18-7-3)20-23-13-10-9-11-14-23/h6-7,9-11,13-14,22,24-27,35H,2-3,5,8,12,15-21H2,1,4H3/t22-,24+,25-,26+,27?,31?/m1/s1. The summed E-state index contributed by atoms with van der Waals surface area (Å²) in [5.41, 5.74) is 1.02. The van der Waals surface area contributed by atoms with E-state index in [1.54, 1.807) is 40.6 Å². The van der Waals surface area contributed by atoms with Crippen LogP contribution in [0.2, 0.25) is 0 Å². The zero-order valence-corrected chi connectivity index (χ0v) is 24.2. The number of hydrogen-bond acceptors (Lipinski definition) is 5. The number of aliphatic hydroxyl groups is 1. The molecule has 3 amide bonds. The van der Waals surface area contributed by atoms with E-state index in [1.165, 1.54) is 0 Å². The molecule has 212 valence electrons. The molecule has 1 spiro atoms. The quantitative estimate of drug-likeness (QED) is 0.279. The van der Waals surface area contributed by atoms with E-state index in [0.717, 1.165) is 31.2 Å². The van der Waals surface area contributed by atoms with E-state index < -0.39 is 28.7 Å². The van der Waals surface area contributed by atoms with E-state index in [9.17, 15) is 19.5 Å². The van der Waals surface area contributed by atoms with E-state index in [2.05, 4.69) is 20.1 Å². The first-order valence-electron chi connectivity index (χ1n) is 14.3. The fraction of sp³-hybridized carbons (Fsp3) is 0.581. The third-order valence-electron chi connectivity index (χ3n) is 8.57. The van der Waals surface area contributed by atoms with Gasteiger partial charge in [0.05, 0.1) is 29.2 Å². The molecule has 3 saturated heterocycles. The summed E-state index contributed by atoms with van der Waals surface area (Å²) in [6.45, 7) is 13.3. The molecule has 3 fully saturated rings. The molecule has 1 aromatic rings. The second-order valence-electron chi connectivity index (χ2n) is 11.1. The molecule has 3 aliphatic rings. The highest BCUT2D eigenvalue weighted by Gasteiger charge is 2.74. The molecule has 2 bridgehead atoms. The maximum atomic E-state index is 14.3. The molecular formula is C31H43N3O4S. The Morgan fingerprint density at radius 1 is 1.15 bits per heavy atom. The first kappa shape index (κ1) is 29.4. The Balaban J connectivity index is 1.68. The van der Waals surface area contributed by atoms with Crippen LogP contribution in [0.15, 0.2) is 55.6 Å². The van der Waals surface area contributed by atoms with Crippen LogP contribution < -0.4 is 0 Å². The summed E-state index contributed by atoms with van der Waals surface area (Å²) in [4.78, 5) is 47.9. The predicted octanol–water partition coefficient (Wildman–Crippen LogP) is 3.88. The molecular weight excluding hydrogens is 510 g/mol. The molecule has 39 heavy (non-hydrogen) atoms. The van der Waals surface area contributed by atoms with E-state index in [-0.39, 0.29) is 29.6 Å². The minimum Gasteiger partial charge on any atom is -0.394 e. The summed E-state index contributed by atoms with van der Waals surface area (Å²) in [5.74, 6) is -1.39. The molecule has 2 unspecified atom stereocenters. The second kappa shape index (κ2) is 12.7. The highest BCUT2D eigenvalue weighted by Crippen LogP contribution is 2.67. The van der Waals surface area contributed by atoms with Gasteiger partial charge in [-0.15, -0.1) is 24.9 Å². The van der Waals surface area contributed by atoms with Crippen molar-refractivity contribution in [2.45, 2.75) is 74.6 Å².